The molecule has 0 spiro atoms. The lowest BCUT2D eigenvalue weighted by Gasteiger charge is -2.16. The second-order valence-electron chi connectivity index (χ2n) is 4.91. The quantitative estimate of drug-likeness (QED) is 0.416. The molecule has 1 aromatic rings. The number of hydrogen-bond acceptors (Lipinski definition) is 3. The molecular formula is C15H24N2O2. The van der Waals surface area contributed by atoms with Gasteiger partial charge in [-0.1, -0.05) is 45.2 Å². The Labute approximate surface area is 115 Å². The van der Waals surface area contributed by atoms with Crippen LogP contribution >= 0.6 is 0 Å². The molecule has 1 rings (SSSR count). The molecule has 106 valence electrons. The molecule has 0 aliphatic heterocycles. The summed E-state index contributed by atoms with van der Waals surface area (Å²) in [4.78, 5) is 10.4. The van der Waals surface area contributed by atoms with Crippen molar-refractivity contribution in [3.63, 3.8) is 0 Å². The van der Waals surface area contributed by atoms with Gasteiger partial charge in [-0.15, -0.1) is 0 Å². The van der Waals surface area contributed by atoms with Crippen molar-refractivity contribution in [1.29, 1.82) is 0 Å². The Morgan fingerprint density at radius 3 is 2.74 bits per heavy atom. The summed E-state index contributed by atoms with van der Waals surface area (Å²) < 4.78 is 0. The second kappa shape index (κ2) is 8.64. The molecule has 0 aromatic heterocycles. The van der Waals surface area contributed by atoms with Gasteiger partial charge in [0.15, 0.2) is 0 Å². The number of hydrogen-bond donors (Lipinski definition) is 1. The largest absolute Gasteiger partial charge is 0.310 e. The van der Waals surface area contributed by atoms with Crippen LogP contribution in [-0.2, 0) is 6.54 Å². The SMILES string of the molecule is CCCCCC(CC)NCc1cccc([N+](=O)[O-])c1. The molecule has 0 fully saturated rings. The number of nitrogens with one attached hydrogen (secondary N) is 1. The van der Waals surface area contributed by atoms with Crippen molar-refractivity contribution in [2.24, 2.45) is 0 Å². The number of nitro benzene ring substituents is 1. The Balaban J connectivity index is 2.45. The molecule has 0 aliphatic carbocycles. The summed E-state index contributed by atoms with van der Waals surface area (Å²) in [6.45, 7) is 5.08. The van der Waals surface area contributed by atoms with Gasteiger partial charge in [0.1, 0.15) is 0 Å². The van der Waals surface area contributed by atoms with Crippen LogP contribution in [0.4, 0.5) is 5.69 Å². The van der Waals surface area contributed by atoms with Gasteiger partial charge in [0.2, 0.25) is 0 Å². The highest BCUT2D eigenvalue weighted by Crippen LogP contribution is 2.14. The molecule has 0 saturated heterocycles. The number of rotatable bonds is 9. The normalized spacial score (nSPS) is 12.3. The summed E-state index contributed by atoms with van der Waals surface area (Å²) in [6, 6.07) is 7.35. The molecule has 0 saturated carbocycles. The monoisotopic (exact) mass is 264 g/mol. The molecule has 0 aliphatic rings. The third-order valence-corrected chi connectivity index (χ3v) is 3.37. The maximum absolute atomic E-state index is 10.7. The summed E-state index contributed by atoms with van der Waals surface area (Å²) in [6.07, 6.45) is 6.03. The van der Waals surface area contributed by atoms with E-state index in [0.29, 0.717) is 12.6 Å². The van der Waals surface area contributed by atoms with E-state index in [2.05, 4.69) is 19.2 Å². The molecule has 4 nitrogen and oxygen atoms in total. The van der Waals surface area contributed by atoms with E-state index in [4.69, 9.17) is 0 Å². The number of non-ortho nitro benzene ring substituents is 1. The average Bonchev–Trinajstić information content (AvgIpc) is 2.43. The standard InChI is InChI=1S/C15H24N2O2/c1-3-5-6-9-14(4-2)16-12-13-8-7-10-15(11-13)17(18)19/h7-8,10-11,14,16H,3-6,9,12H2,1-2H3. The van der Waals surface area contributed by atoms with Crippen molar-refractivity contribution in [3.05, 3.63) is 39.9 Å². The Bertz CT molecular complexity index is 393. The predicted molar refractivity (Wildman–Crippen MR) is 78.2 cm³/mol. The van der Waals surface area contributed by atoms with Crippen LogP contribution in [0.3, 0.4) is 0 Å². The van der Waals surface area contributed by atoms with Gasteiger partial charge in [0.05, 0.1) is 4.92 Å². The Morgan fingerprint density at radius 2 is 2.11 bits per heavy atom. The zero-order valence-electron chi connectivity index (χ0n) is 11.9. The van der Waals surface area contributed by atoms with Crippen LogP contribution in [0.1, 0.15) is 51.5 Å². The van der Waals surface area contributed by atoms with Crippen molar-refractivity contribution in [2.45, 2.75) is 58.5 Å². The Kier molecular flexibility index (Phi) is 7.11. The third-order valence-electron chi connectivity index (χ3n) is 3.37. The highest BCUT2D eigenvalue weighted by atomic mass is 16.6. The first-order valence-electron chi connectivity index (χ1n) is 7.14. The minimum atomic E-state index is -0.345. The van der Waals surface area contributed by atoms with Gasteiger partial charge in [-0.3, -0.25) is 10.1 Å². The van der Waals surface area contributed by atoms with Gasteiger partial charge in [0.25, 0.3) is 5.69 Å². The van der Waals surface area contributed by atoms with Crippen LogP contribution < -0.4 is 5.32 Å². The van der Waals surface area contributed by atoms with Crippen LogP contribution in [0, 0.1) is 10.1 Å². The molecule has 0 bridgehead atoms. The highest BCUT2D eigenvalue weighted by Gasteiger charge is 2.08. The first-order chi connectivity index (χ1) is 9.17. The fourth-order valence-electron chi connectivity index (χ4n) is 2.13. The van der Waals surface area contributed by atoms with E-state index in [1.54, 1.807) is 12.1 Å². The van der Waals surface area contributed by atoms with Gasteiger partial charge in [-0.05, 0) is 18.4 Å². The zero-order valence-corrected chi connectivity index (χ0v) is 11.9. The van der Waals surface area contributed by atoms with Crippen LogP contribution in [0.15, 0.2) is 24.3 Å². The van der Waals surface area contributed by atoms with E-state index >= 15 is 0 Å². The summed E-state index contributed by atoms with van der Waals surface area (Å²) >= 11 is 0. The molecular weight excluding hydrogens is 240 g/mol. The van der Waals surface area contributed by atoms with E-state index in [9.17, 15) is 10.1 Å². The summed E-state index contributed by atoms with van der Waals surface area (Å²) in [5, 5.41) is 14.2. The molecule has 1 N–H and O–H groups in total. The topological polar surface area (TPSA) is 55.2 Å². The van der Waals surface area contributed by atoms with Gasteiger partial charge in [0, 0.05) is 24.7 Å². The molecule has 0 radical (unpaired) electrons. The van der Waals surface area contributed by atoms with E-state index in [0.717, 1.165) is 12.0 Å². The first kappa shape index (κ1) is 15.6. The molecule has 0 amide bonds. The Morgan fingerprint density at radius 1 is 1.32 bits per heavy atom. The summed E-state index contributed by atoms with van der Waals surface area (Å²) in [5.74, 6) is 0. The number of nitrogens with zero attached hydrogens (tertiary/aromatic N) is 1. The minimum absolute atomic E-state index is 0.165. The van der Waals surface area contributed by atoms with Crippen LogP contribution in [0.2, 0.25) is 0 Å². The van der Waals surface area contributed by atoms with Crippen LogP contribution in [0.25, 0.3) is 0 Å². The van der Waals surface area contributed by atoms with Crippen molar-refractivity contribution >= 4 is 5.69 Å². The predicted octanol–water partition coefficient (Wildman–Crippen LogP) is 4.04. The fraction of sp³-hybridized carbons (Fsp3) is 0.600. The molecule has 1 atom stereocenters. The fourth-order valence-corrected chi connectivity index (χ4v) is 2.13. The molecule has 4 heteroatoms. The summed E-state index contributed by atoms with van der Waals surface area (Å²) in [7, 11) is 0. The zero-order chi connectivity index (χ0) is 14.1. The van der Waals surface area contributed by atoms with Gasteiger partial charge < -0.3 is 5.32 Å². The van der Waals surface area contributed by atoms with Crippen molar-refractivity contribution in [1.82, 2.24) is 5.32 Å². The maximum atomic E-state index is 10.7. The van der Waals surface area contributed by atoms with Gasteiger partial charge >= 0.3 is 0 Å². The van der Waals surface area contributed by atoms with E-state index in [-0.39, 0.29) is 10.6 Å². The summed E-state index contributed by atoms with van der Waals surface area (Å²) in [5.41, 5.74) is 1.14. The molecule has 1 unspecified atom stereocenters. The first-order valence-corrected chi connectivity index (χ1v) is 7.14. The third kappa shape index (κ3) is 5.83. The Hall–Kier alpha value is -1.42. The van der Waals surface area contributed by atoms with Crippen molar-refractivity contribution in [2.75, 3.05) is 0 Å². The van der Waals surface area contributed by atoms with Crippen LogP contribution in [0.5, 0.6) is 0 Å². The minimum Gasteiger partial charge on any atom is -0.310 e. The van der Waals surface area contributed by atoms with E-state index in [1.165, 1.54) is 31.7 Å². The van der Waals surface area contributed by atoms with Gasteiger partial charge in [-0.25, -0.2) is 0 Å². The van der Waals surface area contributed by atoms with E-state index in [1.807, 2.05) is 6.07 Å². The van der Waals surface area contributed by atoms with Gasteiger partial charge in [-0.2, -0.15) is 0 Å². The molecule has 0 heterocycles. The van der Waals surface area contributed by atoms with E-state index < -0.39 is 0 Å². The molecule has 19 heavy (non-hydrogen) atoms. The van der Waals surface area contributed by atoms with Crippen molar-refractivity contribution in [3.8, 4) is 0 Å². The maximum Gasteiger partial charge on any atom is 0.269 e. The van der Waals surface area contributed by atoms with Crippen LogP contribution in [-0.4, -0.2) is 11.0 Å². The highest BCUT2D eigenvalue weighted by molar-refractivity contribution is 5.34. The lowest BCUT2D eigenvalue weighted by molar-refractivity contribution is -0.384. The second-order valence-corrected chi connectivity index (χ2v) is 4.91. The average molecular weight is 264 g/mol. The lowest BCUT2D eigenvalue weighted by Crippen LogP contribution is -2.27. The lowest BCUT2D eigenvalue weighted by atomic mass is 10.1. The number of nitro groups is 1. The molecule has 1 aromatic carbocycles. The smallest absolute Gasteiger partial charge is 0.269 e. The number of benzene rings is 1. The number of unbranched alkanes of at least 4 members (excludes halogenated alkanes) is 2. The van der Waals surface area contributed by atoms with Crippen molar-refractivity contribution < 1.29 is 4.92 Å².